The third-order valence-electron chi connectivity index (χ3n) is 4.63. The number of H-pyrrole nitrogens is 1. The van der Waals surface area contributed by atoms with E-state index in [4.69, 9.17) is 4.74 Å². The highest BCUT2D eigenvalue weighted by atomic mass is 16.5. The maximum absolute atomic E-state index is 12.0. The summed E-state index contributed by atoms with van der Waals surface area (Å²) in [5.41, 5.74) is 6.00. The third-order valence-corrected chi connectivity index (χ3v) is 4.63. The molecule has 1 aromatic carbocycles. The van der Waals surface area contributed by atoms with E-state index in [0.29, 0.717) is 11.5 Å². The molecule has 1 heterocycles. The first-order valence-electron chi connectivity index (χ1n) is 7.91. The predicted molar refractivity (Wildman–Crippen MR) is 86.1 cm³/mol. The highest BCUT2D eigenvalue weighted by molar-refractivity contribution is 5.93. The van der Waals surface area contributed by atoms with E-state index in [0.717, 1.165) is 28.9 Å². The molecule has 0 atom stereocenters. The first-order chi connectivity index (χ1) is 10.6. The fourth-order valence-electron chi connectivity index (χ4n) is 3.02. The van der Waals surface area contributed by atoms with Crippen LogP contribution < -0.4 is 0 Å². The summed E-state index contributed by atoms with van der Waals surface area (Å²) in [7, 11) is 1.42. The summed E-state index contributed by atoms with van der Waals surface area (Å²) in [5.74, 6) is 0.298. The lowest BCUT2D eigenvalue weighted by atomic mass is 9.76. The van der Waals surface area contributed by atoms with Crippen LogP contribution in [0.15, 0.2) is 18.2 Å². The zero-order valence-corrected chi connectivity index (χ0v) is 13.4. The molecule has 1 aliphatic rings. The Morgan fingerprint density at radius 3 is 2.68 bits per heavy atom. The number of methoxy groups -OCH3 is 1. The van der Waals surface area contributed by atoms with Crippen LogP contribution in [0.1, 0.15) is 59.3 Å². The standard InChI is InChI=1S/C18H22N2O2/c1-4-13-9-17(20-19-13)16-10-14(18(21)22-3)11(2)8-15(16)12-6-5-7-12/h8-10,12H,4-7H2,1-3H3,(H,19,20). The van der Waals surface area contributed by atoms with E-state index in [-0.39, 0.29) is 5.97 Å². The van der Waals surface area contributed by atoms with Crippen molar-refractivity contribution in [3.63, 3.8) is 0 Å². The Morgan fingerprint density at radius 1 is 1.36 bits per heavy atom. The summed E-state index contributed by atoms with van der Waals surface area (Å²) in [6.45, 7) is 4.07. The van der Waals surface area contributed by atoms with Crippen LogP contribution in [-0.2, 0) is 11.2 Å². The summed E-state index contributed by atoms with van der Waals surface area (Å²) in [4.78, 5) is 12.0. The van der Waals surface area contributed by atoms with Gasteiger partial charge in [-0.2, -0.15) is 5.10 Å². The molecule has 3 rings (SSSR count). The Morgan fingerprint density at radius 2 is 2.14 bits per heavy atom. The molecule has 1 saturated carbocycles. The lowest BCUT2D eigenvalue weighted by Gasteiger charge is -2.28. The number of nitrogens with zero attached hydrogens (tertiary/aromatic N) is 1. The molecule has 0 amide bonds. The summed E-state index contributed by atoms with van der Waals surface area (Å²) in [5, 5.41) is 7.50. The molecule has 1 fully saturated rings. The number of aryl methyl sites for hydroxylation is 2. The second-order valence-electron chi connectivity index (χ2n) is 6.01. The number of aromatic nitrogens is 2. The minimum atomic E-state index is -0.287. The molecule has 4 heteroatoms. The molecule has 1 aliphatic carbocycles. The van der Waals surface area contributed by atoms with Gasteiger partial charge < -0.3 is 4.74 Å². The highest BCUT2D eigenvalue weighted by Crippen LogP contribution is 2.42. The smallest absolute Gasteiger partial charge is 0.338 e. The molecule has 1 aromatic heterocycles. The Labute approximate surface area is 130 Å². The number of esters is 1. The van der Waals surface area contributed by atoms with Crippen molar-refractivity contribution in [3.05, 3.63) is 40.6 Å². The van der Waals surface area contributed by atoms with Gasteiger partial charge in [0.1, 0.15) is 0 Å². The number of carbonyl (C=O) groups excluding carboxylic acids is 1. The van der Waals surface area contributed by atoms with E-state index in [1.54, 1.807) is 0 Å². The van der Waals surface area contributed by atoms with E-state index >= 15 is 0 Å². The van der Waals surface area contributed by atoms with Gasteiger partial charge in [0, 0.05) is 11.3 Å². The van der Waals surface area contributed by atoms with E-state index in [1.807, 2.05) is 13.0 Å². The van der Waals surface area contributed by atoms with Gasteiger partial charge in [0.2, 0.25) is 0 Å². The SMILES string of the molecule is CCc1cc(-c2cc(C(=O)OC)c(C)cc2C2CCC2)n[nH]1. The molecular formula is C18H22N2O2. The molecule has 0 unspecified atom stereocenters. The van der Waals surface area contributed by atoms with Gasteiger partial charge in [0.05, 0.1) is 18.4 Å². The van der Waals surface area contributed by atoms with E-state index < -0.39 is 0 Å². The molecule has 0 bridgehead atoms. The maximum Gasteiger partial charge on any atom is 0.338 e. The molecule has 4 nitrogen and oxygen atoms in total. The number of nitrogens with one attached hydrogen (secondary N) is 1. The van der Waals surface area contributed by atoms with Crippen molar-refractivity contribution in [2.45, 2.75) is 45.4 Å². The predicted octanol–water partition coefficient (Wildman–Crippen LogP) is 4.00. The molecule has 22 heavy (non-hydrogen) atoms. The van der Waals surface area contributed by atoms with Crippen molar-refractivity contribution < 1.29 is 9.53 Å². The van der Waals surface area contributed by atoms with Gasteiger partial charge in [-0.15, -0.1) is 0 Å². The lowest BCUT2D eigenvalue weighted by molar-refractivity contribution is 0.0600. The fraction of sp³-hybridized carbons (Fsp3) is 0.444. The Hall–Kier alpha value is -2.10. The minimum Gasteiger partial charge on any atom is -0.465 e. The van der Waals surface area contributed by atoms with Gasteiger partial charge in [-0.25, -0.2) is 4.79 Å². The van der Waals surface area contributed by atoms with Crippen LogP contribution >= 0.6 is 0 Å². The topological polar surface area (TPSA) is 55.0 Å². The largest absolute Gasteiger partial charge is 0.465 e. The van der Waals surface area contributed by atoms with Crippen LogP contribution in [0.3, 0.4) is 0 Å². The number of benzene rings is 1. The summed E-state index contributed by atoms with van der Waals surface area (Å²) in [6, 6.07) is 6.17. The van der Waals surface area contributed by atoms with Crippen molar-refractivity contribution in [2.24, 2.45) is 0 Å². The molecule has 0 spiro atoms. The van der Waals surface area contributed by atoms with Crippen LogP contribution in [0.4, 0.5) is 0 Å². The number of rotatable bonds is 4. The van der Waals surface area contributed by atoms with Crippen molar-refractivity contribution in [3.8, 4) is 11.3 Å². The van der Waals surface area contributed by atoms with E-state index in [9.17, 15) is 4.79 Å². The number of hydrogen-bond donors (Lipinski definition) is 1. The molecule has 0 saturated heterocycles. The highest BCUT2D eigenvalue weighted by Gasteiger charge is 2.25. The Kier molecular flexibility index (Phi) is 4.01. The normalized spacial score (nSPS) is 14.7. The van der Waals surface area contributed by atoms with Crippen molar-refractivity contribution in [1.82, 2.24) is 10.2 Å². The average molecular weight is 298 g/mol. The van der Waals surface area contributed by atoms with Crippen LogP contribution in [0.25, 0.3) is 11.3 Å². The molecule has 2 aromatic rings. The number of aromatic amines is 1. The first-order valence-corrected chi connectivity index (χ1v) is 7.91. The Bertz CT molecular complexity index is 699. The summed E-state index contributed by atoms with van der Waals surface area (Å²) >= 11 is 0. The van der Waals surface area contributed by atoms with Gasteiger partial charge in [-0.05, 0) is 55.4 Å². The zero-order valence-electron chi connectivity index (χ0n) is 13.4. The number of ether oxygens (including phenoxy) is 1. The van der Waals surface area contributed by atoms with Crippen LogP contribution in [0.2, 0.25) is 0 Å². The summed E-state index contributed by atoms with van der Waals surface area (Å²) < 4.78 is 4.91. The number of hydrogen-bond acceptors (Lipinski definition) is 3. The minimum absolute atomic E-state index is 0.287. The second kappa shape index (κ2) is 5.95. The van der Waals surface area contributed by atoms with Gasteiger partial charge in [0.25, 0.3) is 0 Å². The van der Waals surface area contributed by atoms with E-state index in [1.165, 1.54) is 31.9 Å². The molecule has 0 radical (unpaired) electrons. The third kappa shape index (κ3) is 2.54. The monoisotopic (exact) mass is 298 g/mol. The molecule has 116 valence electrons. The van der Waals surface area contributed by atoms with Crippen LogP contribution in [-0.4, -0.2) is 23.3 Å². The average Bonchev–Trinajstić information content (AvgIpc) is 2.93. The van der Waals surface area contributed by atoms with E-state index in [2.05, 4.69) is 29.3 Å². The molecule has 0 aliphatic heterocycles. The van der Waals surface area contributed by atoms with Gasteiger partial charge in [0.15, 0.2) is 0 Å². The van der Waals surface area contributed by atoms with Crippen LogP contribution in [0.5, 0.6) is 0 Å². The number of carbonyl (C=O) groups is 1. The van der Waals surface area contributed by atoms with Crippen molar-refractivity contribution >= 4 is 5.97 Å². The maximum atomic E-state index is 12.0. The van der Waals surface area contributed by atoms with Crippen LogP contribution in [0, 0.1) is 6.92 Å². The second-order valence-corrected chi connectivity index (χ2v) is 6.01. The molecule has 1 N–H and O–H groups in total. The van der Waals surface area contributed by atoms with Crippen molar-refractivity contribution in [2.75, 3.05) is 7.11 Å². The van der Waals surface area contributed by atoms with Gasteiger partial charge in [-0.3, -0.25) is 5.10 Å². The Balaban J connectivity index is 2.13. The molecular weight excluding hydrogens is 276 g/mol. The fourth-order valence-corrected chi connectivity index (χ4v) is 3.02. The van der Waals surface area contributed by atoms with Gasteiger partial charge in [-0.1, -0.05) is 19.4 Å². The summed E-state index contributed by atoms with van der Waals surface area (Å²) in [6.07, 6.45) is 4.63. The zero-order chi connectivity index (χ0) is 15.7. The first kappa shape index (κ1) is 14.8. The quantitative estimate of drug-likeness (QED) is 0.868. The lowest BCUT2D eigenvalue weighted by Crippen LogP contribution is -2.12. The van der Waals surface area contributed by atoms with Gasteiger partial charge >= 0.3 is 5.97 Å². The van der Waals surface area contributed by atoms with Crippen molar-refractivity contribution in [1.29, 1.82) is 0 Å².